The molecule has 0 aromatic heterocycles. The molecule has 4 nitrogen and oxygen atoms in total. The zero-order valence-corrected chi connectivity index (χ0v) is 133. The Hall–Kier alpha value is 25.6. The van der Waals surface area contributed by atoms with Crippen LogP contribution in [0.5, 0.6) is 0 Å². The summed E-state index contributed by atoms with van der Waals surface area (Å²) in [4.78, 5) is 33.5. The summed E-state index contributed by atoms with van der Waals surface area (Å²) in [7, 11) is 0.599. The second kappa shape index (κ2) is 47.7. The Labute approximate surface area is 1010 Å². The van der Waals surface area contributed by atoms with Gasteiger partial charge in [-0.15, -0.1) is 0 Å². The van der Waals surface area contributed by atoms with E-state index in [2.05, 4.69) is 4.74 Å². The van der Waals surface area contributed by atoms with Gasteiger partial charge in [0.15, 0.2) is 11.6 Å². The summed E-state index contributed by atoms with van der Waals surface area (Å²) < 4.78 is 1.75. The first-order chi connectivity index (χ1) is 48.2. The van der Waals surface area contributed by atoms with Crippen LogP contribution in [0, 0.1) is 0 Å². The van der Waals surface area contributed by atoms with E-state index in [-0.39, 0.29) is 69.6 Å². The fourth-order valence-electron chi connectivity index (χ4n) is 4.62. The van der Waals surface area contributed by atoms with Crippen LogP contribution in [0.4, 0.5) is 0 Å². The van der Waals surface area contributed by atoms with Crippen LogP contribution < -0.4 is 51.4 Å². The summed E-state index contributed by atoms with van der Waals surface area (Å²) in [6.45, 7) is 3.89. The van der Waals surface area contributed by atoms with Gasteiger partial charge in [0.2, 0.25) is 0 Å². The van der Waals surface area contributed by atoms with Gasteiger partial charge in [-0.1, -0.05) is 12.2 Å². The third kappa shape index (κ3) is 24.1. The minimum absolute atomic E-state index is 0. The van der Waals surface area contributed by atoms with Gasteiger partial charge in [0.05, 0.1) is 6.61 Å². The number of hydrogen-bond acceptors (Lipinski definition) is 68. The first kappa shape index (κ1) is 142. The molecule has 0 N–H and O–H groups in total. The van der Waals surface area contributed by atoms with Crippen molar-refractivity contribution >= 4 is 914 Å². The van der Waals surface area contributed by atoms with E-state index in [9.17, 15) is 14.4 Å². The number of halogens is 1. The number of rotatable bonds is 35. The van der Waals surface area contributed by atoms with Crippen LogP contribution in [0.3, 0.4) is 0 Å². The predicted octanol–water partition coefficient (Wildman–Crippen LogP) is -0.167. The number of carbonyl (C=O) groups excluding carboxylic acids is 3. The molecule has 1 aliphatic rings. The number of allylic oxidation sites excluding steroid dienone is 5. The average Bonchev–Trinajstić information content (AvgIpc) is 0.674. The SMILES string of the molecule is C/C=C1/C(=O)C(C)=CC(=O)/C1=C/CCOC=O.S=S(=S)(I)S(=S)(=S)S(=S)(=S)S(=S)(=S)S(=S)(=S)S(=S)(=S)S(=S)(=S)S(=S)(=S)S(=S)(=S)S(=S)(=S)S(=S)(=S)S(=S)(=S)S(=S)(=S)S(=S)(=S)S(=S)(=S)S(=S)(=S)S(=S)(=S)S(=S)(=S)S(=S)(=S)S(=S)(=S)S(=S)(=S)S(=S)(=S)S(=S)(=S)S(=S)(=S)S(=S)(=S)S(=S)(=S)S(=S)(=S)S(=S)(=S)S(=S)(=S)S(=S)(=S)S(=S)(=S)S[S-].[K+]. The molecule has 0 atom stereocenters. The average molecular weight is 3450 g/mol. The van der Waals surface area contributed by atoms with E-state index >= 15 is 0 Å². The zero-order valence-electron chi connectivity index (χ0n) is 50.0. The van der Waals surface area contributed by atoms with Crippen molar-refractivity contribution in [2.75, 3.05) is 6.61 Å². The first-order valence-electron chi connectivity index (χ1n) is 21.1. The Morgan fingerprint density at radius 3 is 0.605 bits per heavy atom. The molecule has 1 aliphatic carbocycles. The Balaban J connectivity index is 0. The largest absolute Gasteiger partial charge is 1.00 e. The van der Waals surface area contributed by atoms with Gasteiger partial charge < -0.3 is 16.4 Å². The molecule has 0 fully saturated rings. The zero-order chi connectivity index (χ0) is 93.0. The summed E-state index contributed by atoms with van der Waals surface area (Å²) in [6, 6.07) is 0. The minimum atomic E-state index is -4.19. The van der Waals surface area contributed by atoms with Crippen molar-refractivity contribution in [3.05, 3.63) is 34.9 Å². The van der Waals surface area contributed by atoms with E-state index in [0.29, 0.717) is 39.4 Å². The van der Waals surface area contributed by atoms with Gasteiger partial charge in [0.1, 0.15) is 0 Å². The number of ketones is 2. The topological polar surface area (TPSA) is 60.4 Å². The van der Waals surface area contributed by atoms with E-state index in [1.54, 1.807) is 47.2 Å². The van der Waals surface area contributed by atoms with Gasteiger partial charge in [0.25, 0.3) is 6.47 Å². The molecule has 101 heteroatoms. The molecule has 0 radical (unpaired) electrons. The summed E-state index contributed by atoms with van der Waals surface area (Å²) in [5.74, 6) is -0.309. The van der Waals surface area contributed by atoms with Crippen molar-refractivity contribution in [1.29, 1.82) is 0 Å². The van der Waals surface area contributed by atoms with Gasteiger partial charge in [-0.25, -0.2) is 9.83 Å². The van der Waals surface area contributed by atoms with Crippen LogP contribution in [0.2, 0.25) is 0 Å². The molecule has 0 aromatic rings. The molecule has 0 aromatic carbocycles. The van der Waals surface area contributed by atoms with Crippen molar-refractivity contribution in [2.45, 2.75) is 20.3 Å². The normalized spacial score (nSPS) is 17.4. The van der Waals surface area contributed by atoms with Crippen LogP contribution in [-0.4, -0.2) is 24.6 Å². The summed E-state index contributed by atoms with van der Waals surface area (Å²) >= 11 is 383. The van der Waals surface area contributed by atoms with E-state index < -0.39 is 160 Å². The van der Waals surface area contributed by atoms with Gasteiger partial charge >= 0.3 is 51.4 Å². The molecule has 0 heterocycles. The minimum Gasteiger partial charge on any atom is -0.706 e. The van der Waals surface area contributed by atoms with Gasteiger partial charge in [-0.3, -0.25) is 14.4 Å². The van der Waals surface area contributed by atoms with Gasteiger partial charge in [-0.05, 0) is 714 Å². The van der Waals surface area contributed by atoms with Crippen LogP contribution in [0.15, 0.2) is 34.9 Å². The molecule has 1 rings (SSSR count). The molecular formula is C13H14IKO4S95. The van der Waals surface area contributed by atoms with Crippen LogP contribution in [0.1, 0.15) is 20.3 Å². The van der Waals surface area contributed by atoms with Gasteiger partial charge in [0, 0.05) is 204 Å². The van der Waals surface area contributed by atoms with E-state index in [4.69, 9.17) is 705 Å². The second-order valence-electron chi connectivity index (χ2n) is 16.3. The smallest absolute Gasteiger partial charge is 0.706 e. The number of hydrogen-bond donors (Lipinski definition) is 0. The van der Waals surface area contributed by atoms with E-state index in [0.717, 1.165) is 0 Å². The molecular weight excluding hydrogens is 3430 g/mol. The van der Waals surface area contributed by atoms with Crippen molar-refractivity contribution in [1.82, 2.24) is 0 Å². The third-order valence-corrected chi connectivity index (χ3v) is 624. The number of Topliss-reactive ketones (excluding diaryl/α,β-unsaturated/α-hetero) is 1. The number of carbonyl (C=O) groups is 3. The van der Waals surface area contributed by atoms with E-state index in [1.165, 1.54) is 6.08 Å². The van der Waals surface area contributed by atoms with Crippen molar-refractivity contribution < 1.29 is 70.5 Å². The molecule has 0 saturated heterocycles. The van der Waals surface area contributed by atoms with E-state index in [1.807, 2.05) is 0 Å². The molecule has 0 aliphatic heterocycles. The Morgan fingerprint density at radius 2 is 0.465 bits per heavy atom. The molecule has 0 amide bonds. The molecule has 0 spiro atoms. The Bertz CT molecular complexity index is 8400. The first-order valence-corrected chi connectivity index (χ1v) is 149. The van der Waals surface area contributed by atoms with Crippen molar-refractivity contribution in [2.24, 2.45) is 0 Å². The molecule has 668 valence electrons. The molecule has 114 heavy (non-hydrogen) atoms. The molecule has 0 unspecified atom stereocenters. The van der Waals surface area contributed by atoms with Crippen LogP contribution >= 0.6 is 31.0 Å². The Kier molecular flexibility index (Phi) is 59.2. The fourth-order valence-corrected chi connectivity index (χ4v) is 738. The maximum atomic E-state index is 11.8. The maximum absolute atomic E-state index is 11.8. The van der Waals surface area contributed by atoms with Crippen LogP contribution in [-0.2, 0) is 884 Å². The quantitative estimate of drug-likeness (QED) is 0.0124. The van der Waals surface area contributed by atoms with Crippen molar-refractivity contribution in [3.63, 3.8) is 0 Å². The molecule has 0 bridgehead atoms. The standard InChI is InChI=1S/C13H14O4.HIS95.K/c1-3-10-11(5-4-6-17-8-14)12(15)7-9(2)13(10)16;1-66(3,4)68(7,8)70(11,12)72(15,16)74(19,20)76(23,24)78(27,28)80(31,32)82(35,36)84(39,40)86(43,44)88(47,48)90(51,52)92(55,56)94(59,60)96(63,64)95(61,62)93(57,58)91(53,54)89(49,50)87(45,46)85(41,42)83(37,38)81(33,34)79(29,30)77(25,26)75(21,22)73(17,18)71(13,14)69(9,10)67(5,6)65-2;/h3,5,7-8H,4,6H2,1-2H3;2H;/q;;+1/p-1/b10-3+,11-5+;;. The summed E-state index contributed by atoms with van der Waals surface area (Å²) in [5.41, 5.74) is 1.25. The summed E-state index contributed by atoms with van der Waals surface area (Å²) in [5, 5.41) is -118. The fraction of sp³-hybridized carbons (Fsp3) is 0.308. The second-order valence-corrected chi connectivity index (χ2v) is 353. The summed E-state index contributed by atoms with van der Waals surface area (Å²) in [6.07, 6.45) is 5.00. The third-order valence-electron chi connectivity index (χ3n) is 10.0. The van der Waals surface area contributed by atoms with Gasteiger partial charge in [-0.2, -0.15) is 0 Å². The molecule has 0 saturated carbocycles. The maximum Gasteiger partial charge on any atom is 1.00 e. The predicted molar refractivity (Wildman–Crippen MR) is 776 cm³/mol. The van der Waals surface area contributed by atoms with Crippen molar-refractivity contribution in [3.8, 4) is 0 Å². The number of ether oxygens (including phenoxy) is 1. The monoisotopic (exact) mass is 3440 g/mol. The Morgan fingerprint density at radius 1 is 0.307 bits per heavy atom. The van der Waals surface area contributed by atoms with Crippen LogP contribution in [0.25, 0.3) is 0 Å².